The number of hydrogen-bond acceptors (Lipinski definition) is 2. The van der Waals surface area contributed by atoms with E-state index in [1.54, 1.807) is 0 Å². The quantitative estimate of drug-likeness (QED) is 0.342. The second-order valence-electron chi connectivity index (χ2n) is 2.38. The van der Waals surface area contributed by atoms with Gasteiger partial charge in [-0.25, -0.2) is 0 Å². The predicted octanol–water partition coefficient (Wildman–Crippen LogP) is 8.96. The lowest BCUT2D eigenvalue weighted by atomic mass is 10.2. The molecule has 0 aliphatic rings. The Balaban J connectivity index is -0.0000000134. The Bertz CT molecular complexity index is 243. The number of nitrogens with two attached hydrogens (primary N) is 1. The van der Waals surface area contributed by atoms with Gasteiger partial charge in [-0.05, 0) is 18.6 Å². The van der Waals surface area contributed by atoms with Crippen molar-refractivity contribution in [3.63, 3.8) is 0 Å². The molecule has 1 aromatic rings. The van der Waals surface area contributed by atoms with Crippen molar-refractivity contribution in [2.75, 3.05) is 5.73 Å². The molecule has 0 heterocycles. The number of hydrogen-bond donors (Lipinski definition) is 2. The van der Waals surface area contributed by atoms with E-state index in [-0.39, 0.29) is 38.1 Å². The molecule has 3 N–H and O–H groups in total. The predicted molar refractivity (Wildman–Crippen MR) is 138 cm³/mol. The zero-order chi connectivity index (χ0) is 19.6. The van der Waals surface area contributed by atoms with E-state index in [9.17, 15) is 0 Å². The SMILES string of the molecule is C.C.C.C.CC.CC.CC.CC.CC.CC(=O)O.Cc1ccccc1N.[B]. The van der Waals surface area contributed by atoms with Gasteiger partial charge in [-0.3, -0.25) is 4.79 Å². The standard InChI is InChI=1S/C7H9N.C2H4O2.5C2H6.4CH4.B/c1-6-4-2-3-5-7(6)8;1-2(3)4;5*1-2;;;;;/h2-5H,8H2,1H3;1H3,(H,3,4);5*1-2H3;4*1H4;. The van der Waals surface area contributed by atoms with Gasteiger partial charge in [0.15, 0.2) is 0 Å². The monoisotopic (exact) mass is 392 g/mol. The number of benzene rings is 1. The summed E-state index contributed by atoms with van der Waals surface area (Å²) in [6.07, 6.45) is 0. The first-order chi connectivity index (χ1) is 10.5. The van der Waals surface area contributed by atoms with Gasteiger partial charge < -0.3 is 10.8 Å². The van der Waals surface area contributed by atoms with Crippen molar-refractivity contribution in [1.29, 1.82) is 0 Å². The van der Waals surface area contributed by atoms with Crippen LogP contribution < -0.4 is 5.73 Å². The van der Waals surface area contributed by atoms with Crippen LogP contribution in [0, 0.1) is 6.92 Å². The van der Waals surface area contributed by atoms with Crippen molar-refractivity contribution in [2.45, 2.75) is 113 Å². The number of para-hydroxylation sites is 1. The molecular formula is C23H59BNO2. The van der Waals surface area contributed by atoms with Gasteiger partial charge in [0.25, 0.3) is 5.97 Å². The molecule has 0 aliphatic carbocycles. The lowest BCUT2D eigenvalue weighted by Crippen LogP contribution is -1.85. The average molecular weight is 393 g/mol. The van der Waals surface area contributed by atoms with Crippen LogP contribution in [0.5, 0.6) is 0 Å². The second-order valence-corrected chi connectivity index (χ2v) is 2.38. The molecule has 1 aromatic carbocycles. The highest BCUT2D eigenvalue weighted by Crippen LogP contribution is 2.06. The van der Waals surface area contributed by atoms with Gasteiger partial charge in [0.2, 0.25) is 0 Å². The molecule has 0 saturated heterocycles. The van der Waals surface area contributed by atoms with E-state index in [0.717, 1.165) is 18.2 Å². The minimum absolute atomic E-state index is 0. The Morgan fingerprint density at radius 3 is 1.04 bits per heavy atom. The fraction of sp³-hybridized carbons (Fsp3) is 0.696. The number of carboxylic acids is 1. The van der Waals surface area contributed by atoms with Crippen LogP contribution in [0.2, 0.25) is 0 Å². The zero-order valence-electron chi connectivity index (χ0n) is 17.8. The highest BCUT2D eigenvalue weighted by Gasteiger charge is 1.84. The van der Waals surface area contributed by atoms with Crippen LogP contribution in [0.3, 0.4) is 0 Å². The Morgan fingerprint density at radius 2 is 0.926 bits per heavy atom. The van der Waals surface area contributed by atoms with Gasteiger partial charge in [0, 0.05) is 21.0 Å². The maximum absolute atomic E-state index is 9.00. The minimum atomic E-state index is -0.833. The lowest BCUT2D eigenvalue weighted by molar-refractivity contribution is -0.134. The minimum Gasteiger partial charge on any atom is -0.481 e. The molecule has 0 atom stereocenters. The van der Waals surface area contributed by atoms with Gasteiger partial charge in [-0.2, -0.15) is 0 Å². The van der Waals surface area contributed by atoms with E-state index < -0.39 is 5.97 Å². The Labute approximate surface area is 178 Å². The zero-order valence-corrected chi connectivity index (χ0v) is 17.8. The lowest BCUT2D eigenvalue weighted by Gasteiger charge is -1.93. The van der Waals surface area contributed by atoms with Crippen molar-refractivity contribution in [2.24, 2.45) is 0 Å². The number of aryl methyl sites for hydroxylation is 1. The van der Waals surface area contributed by atoms with E-state index in [1.807, 2.05) is 100 Å². The van der Waals surface area contributed by atoms with Crippen LogP contribution in [0.15, 0.2) is 24.3 Å². The fourth-order valence-corrected chi connectivity index (χ4v) is 0.587. The number of rotatable bonds is 0. The summed E-state index contributed by atoms with van der Waals surface area (Å²) in [6.45, 7) is 23.1. The molecule has 3 radical (unpaired) electrons. The first-order valence-electron chi connectivity index (χ1n) is 8.54. The van der Waals surface area contributed by atoms with Crippen molar-refractivity contribution in [3.05, 3.63) is 29.8 Å². The van der Waals surface area contributed by atoms with Crippen molar-refractivity contribution >= 4 is 20.1 Å². The highest BCUT2D eigenvalue weighted by atomic mass is 16.4. The Morgan fingerprint density at radius 1 is 0.741 bits per heavy atom. The number of nitrogen functional groups attached to an aromatic ring is 1. The molecule has 4 heteroatoms. The average Bonchev–Trinajstić information content (AvgIpc) is 2.59. The van der Waals surface area contributed by atoms with Gasteiger partial charge in [-0.1, -0.05) is 117 Å². The van der Waals surface area contributed by atoms with Crippen LogP contribution in [0.25, 0.3) is 0 Å². The third kappa shape index (κ3) is 137. The van der Waals surface area contributed by atoms with Crippen LogP contribution >= 0.6 is 0 Å². The van der Waals surface area contributed by atoms with Crippen molar-refractivity contribution in [3.8, 4) is 0 Å². The van der Waals surface area contributed by atoms with Crippen LogP contribution in [-0.2, 0) is 4.79 Å². The molecule has 0 saturated carbocycles. The van der Waals surface area contributed by atoms with E-state index in [1.165, 1.54) is 0 Å². The van der Waals surface area contributed by atoms with Crippen molar-refractivity contribution < 1.29 is 9.90 Å². The first kappa shape index (κ1) is 72.7. The number of carbonyl (C=O) groups is 1. The molecule has 1 rings (SSSR count). The Hall–Kier alpha value is -1.45. The normalized spacial score (nSPS) is 4.74. The summed E-state index contributed by atoms with van der Waals surface area (Å²) < 4.78 is 0. The molecular weight excluding hydrogens is 333 g/mol. The molecule has 3 nitrogen and oxygen atoms in total. The van der Waals surface area contributed by atoms with E-state index in [2.05, 4.69) is 0 Å². The maximum Gasteiger partial charge on any atom is 0.300 e. The maximum atomic E-state index is 9.00. The van der Waals surface area contributed by atoms with E-state index >= 15 is 0 Å². The van der Waals surface area contributed by atoms with E-state index in [0.29, 0.717) is 0 Å². The molecule has 0 fully saturated rings. The fourth-order valence-electron chi connectivity index (χ4n) is 0.587. The highest BCUT2D eigenvalue weighted by molar-refractivity contribution is 5.75. The molecule has 0 unspecified atom stereocenters. The number of carboxylic acid groups (broad SMARTS) is 1. The van der Waals surface area contributed by atoms with Gasteiger partial charge >= 0.3 is 0 Å². The topological polar surface area (TPSA) is 63.3 Å². The van der Waals surface area contributed by atoms with Crippen molar-refractivity contribution in [1.82, 2.24) is 0 Å². The van der Waals surface area contributed by atoms with Gasteiger partial charge in [0.05, 0.1) is 0 Å². The molecule has 171 valence electrons. The van der Waals surface area contributed by atoms with Gasteiger partial charge in [0.1, 0.15) is 0 Å². The summed E-state index contributed by atoms with van der Waals surface area (Å²) in [7, 11) is 0. The summed E-state index contributed by atoms with van der Waals surface area (Å²) in [5.74, 6) is -0.833. The number of anilines is 1. The Kier molecular flexibility index (Phi) is 275. The summed E-state index contributed by atoms with van der Waals surface area (Å²) >= 11 is 0. The summed E-state index contributed by atoms with van der Waals surface area (Å²) in [6, 6.07) is 7.80. The number of aliphatic carboxylic acids is 1. The largest absolute Gasteiger partial charge is 0.481 e. The summed E-state index contributed by atoms with van der Waals surface area (Å²) in [5.41, 5.74) is 7.53. The molecule has 0 aromatic heterocycles. The summed E-state index contributed by atoms with van der Waals surface area (Å²) in [5, 5.41) is 7.42. The molecule has 0 spiro atoms. The van der Waals surface area contributed by atoms with Crippen LogP contribution in [0.1, 0.15) is 111 Å². The first-order valence-corrected chi connectivity index (χ1v) is 8.54. The molecule has 0 aliphatic heterocycles. The third-order valence-corrected chi connectivity index (χ3v) is 1.19. The van der Waals surface area contributed by atoms with Crippen LogP contribution in [0.4, 0.5) is 5.69 Å². The second kappa shape index (κ2) is 102. The molecule has 27 heavy (non-hydrogen) atoms. The van der Waals surface area contributed by atoms with Gasteiger partial charge in [-0.15, -0.1) is 0 Å². The third-order valence-electron chi connectivity index (χ3n) is 1.19. The van der Waals surface area contributed by atoms with E-state index in [4.69, 9.17) is 15.6 Å². The van der Waals surface area contributed by atoms with Crippen LogP contribution in [-0.4, -0.2) is 19.5 Å². The smallest absolute Gasteiger partial charge is 0.300 e. The molecule has 0 bridgehead atoms. The summed E-state index contributed by atoms with van der Waals surface area (Å²) in [4.78, 5) is 9.00. The molecule has 0 amide bonds.